The van der Waals surface area contributed by atoms with E-state index in [2.05, 4.69) is 12.2 Å². The summed E-state index contributed by atoms with van der Waals surface area (Å²) in [6.07, 6.45) is 1.14. The van der Waals surface area contributed by atoms with Crippen LogP contribution in [-0.4, -0.2) is 44.4 Å². The minimum atomic E-state index is -3.64. The molecule has 6 nitrogen and oxygen atoms in total. The number of benzene rings is 1. The number of rotatable bonds is 6. The zero-order chi connectivity index (χ0) is 15.8. The number of carbonyl (C=O) groups is 1. The Balaban J connectivity index is 2.29. The van der Waals surface area contributed by atoms with Gasteiger partial charge in [0, 0.05) is 26.3 Å². The molecule has 0 spiro atoms. The lowest BCUT2D eigenvalue weighted by atomic mass is 10.1. The molecule has 2 atom stereocenters. The number of nitrogens with zero attached hydrogens (tertiary/aromatic N) is 1. The number of anilines is 1. The highest BCUT2D eigenvalue weighted by Gasteiger charge is 2.32. The molecule has 1 aromatic carbocycles. The van der Waals surface area contributed by atoms with Crippen LogP contribution in [0.25, 0.3) is 0 Å². The van der Waals surface area contributed by atoms with Gasteiger partial charge < -0.3 is 10.4 Å². The highest BCUT2D eigenvalue weighted by atomic mass is 32.2. The van der Waals surface area contributed by atoms with Crippen LogP contribution in [0.3, 0.4) is 0 Å². The van der Waals surface area contributed by atoms with Crippen LogP contribution in [0.5, 0.6) is 0 Å². The van der Waals surface area contributed by atoms with Gasteiger partial charge in [0.05, 0.1) is 10.5 Å². The molecule has 1 fully saturated rings. The molecule has 0 aliphatic heterocycles. The average Bonchev–Trinajstić information content (AvgIpc) is 3.11. The van der Waals surface area contributed by atoms with Crippen molar-refractivity contribution in [3.8, 4) is 0 Å². The minimum absolute atomic E-state index is 0.0183. The summed E-state index contributed by atoms with van der Waals surface area (Å²) in [7, 11) is -0.809. The molecule has 116 valence electrons. The molecule has 2 unspecified atom stereocenters. The lowest BCUT2D eigenvalue weighted by molar-refractivity contribution is 0.0697. The summed E-state index contributed by atoms with van der Waals surface area (Å²) in [6, 6.07) is 4.16. The van der Waals surface area contributed by atoms with E-state index in [4.69, 9.17) is 0 Å². The Kier molecular flexibility index (Phi) is 4.25. The second kappa shape index (κ2) is 5.65. The van der Waals surface area contributed by atoms with Gasteiger partial charge in [0.2, 0.25) is 10.0 Å². The summed E-state index contributed by atoms with van der Waals surface area (Å²) in [4.78, 5) is 11.3. The molecular formula is C14H20N2O4S. The van der Waals surface area contributed by atoms with Crippen molar-refractivity contribution in [2.24, 2.45) is 11.8 Å². The number of aromatic carboxylic acids is 1. The van der Waals surface area contributed by atoms with Gasteiger partial charge in [-0.05, 0) is 36.5 Å². The standard InChI is InChI=1S/C14H20N2O4S/c1-9-6-10(9)8-15-13-5-4-11(7-12(13)14(17)18)21(19,20)16(2)3/h4-5,7,9-10,15H,6,8H2,1-3H3,(H,17,18). The summed E-state index contributed by atoms with van der Waals surface area (Å²) in [5, 5.41) is 12.4. The normalized spacial score (nSPS) is 21.3. The third kappa shape index (κ3) is 3.36. The van der Waals surface area contributed by atoms with Crippen molar-refractivity contribution >= 4 is 21.7 Å². The first-order chi connectivity index (χ1) is 9.73. The van der Waals surface area contributed by atoms with E-state index in [-0.39, 0.29) is 10.5 Å². The third-order valence-electron chi connectivity index (χ3n) is 3.83. The summed E-state index contributed by atoms with van der Waals surface area (Å²) in [6.45, 7) is 2.86. The Labute approximate surface area is 124 Å². The van der Waals surface area contributed by atoms with Gasteiger partial charge in [0.25, 0.3) is 0 Å². The Morgan fingerprint density at radius 3 is 2.52 bits per heavy atom. The van der Waals surface area contributed by atoms with E-state index in [1.807, 2.05) is 0 Å². The molecule has 1 saturated carbocycles. The van der Waals surface area contributed by atoms with Gasteiger partial charge in [-0.2, -0.15) is 0 Å². The quantitative estimate of drug-likeness (QED) is 0.835. The summed E-state index contributed by atoms with van der Waals surface area (Å²) in [5.41, 5.74) is 0.436. The van der Waals surface area contributed by atoms with E-state index in [0.29, 0.717) is 24.1 Å². The molecule has 0 amide bonds. The number of nitrogens with one attached hydrogen (secondary N) is 1. The van der Waals surface area contributed by atoms with Crippen molar-refractivity contribution in [2.75, 3.05) is 26.0 Å². The van der Waals surface area contributed by atoms with Gasteiger partial charge in [-0.15, -0.1) is 0 Å². The van der Waals surface area contributed by atoms with Crippen LogP contribution in [0.1, 0.15) is 23.7 Å². The zero-order valence-corrected chi connectivity index (χ0v) is 13.1. The van der Waals surface area contributed by atoms with Crippen LogP contribution in [0, 0.1) is 11.8 Å². The van der Waals surface area contributed by atoms with Crippen LogP contribution in [-0.2, 0) is 10.0 Å². The molecule has 1 aliphatic carbocycles. The van der Waals surface area contributed by atoms with Crippen molar-refractivity contribution < 1.29 is 18.3 Å². The molecule has 0 saturated heterocycles. The number of sulfonamides is 1. The highest BCUT2D eigenvalue weighted by molar-refractivity contribution is 7.89. The van der Waals surface area contributed by atoms with E-state index in [1.54, 1.807) is 0 Å². The fourth-order valence-corrected chi connectivity index (χ4v) is 3.08. The number of hydrogen-bond donors (Lipinski definition) is 2. The van der Waals surface area contributed by atoms with Gasteiger partial charge in [-0.3, -0.25) is 0 Å². The zero-order valence-electron chi connectivity index (χ0n) is 12.3. The molecule has 2 rings (SSSR count). The van der Waals surface area contributed by atoms with Gasteiger partial charge in [-0.25, -0.2) is 17.5 Å². The van der Waals surface area contributed by atoms with Crippen molar-refractivity contribution in [1.29, 1.82) is 0 Å². The molecule has 21 heavy (non-hydrogen) atoms. The average molecular weight is 312 g/mol. The van der Waals surface area contributed by atoms with E-state index >= 15 is 0 Å². The van der Waals surface area contributed by atoms with Crippen LogP contribution in [0.15, 0.2) is 23.1 Å². The number of carboxylic acid groups (broad SMARTS) is 1. The topological polar surface area (TPSA) is 86.7 Å². The second-order valence-electron chi connectivity index (χ2n) is 5.65. The van der Waals surface area contributed by atoms with Crippen LogP contribution in [0.2, 0.25) is 0 Å². The first kappa shape index (κ1) is 15.8. The van der Waals surface area contributed by atoms with Gasteiger partial charge in [-0.1, -0.05) is 6.92 Å². The molecule has 0 bridgehead atoms. The van der Waals surface area contributed by atoms with Crippen LogP contribution in [0.4, 0.5) is 5.69 Å². The van der Waals surface area contributed by atoms with E-state index in [0.717, 1.165) is 10.7 Å². The van der Waals surface area contributed by atoms with E-state index < -0.39 is 16.0 Å². The van der Waals surface area contributed by atoms with Crippen molar-refractivity contribution in [3.05, 3.63) is 23.8 Å². The maximum atomic E-state index is 12.0. The third-order valence-corrected chi connectivity index (χ3v) is 5.64. The summed E-state index contributed by atoms with van der Waals surface area (Å²) < 4.78 is 25.2. The maximum Gasteiger partial charge on any atom is 0.337 e. The Morgan fingerprint density at radius 2 is 2.05 bits per heavy atom. The van der Waals surface area contributed by atoms with Gasteiger partial charge >= 0.3 is 5.97 Å². The van der Waals surface area contributed by atoms with Gasteiger partial charge in [0.1, 0.15) is 0 Å². The molecular weight excluding hydrogens is 292 g/mol. The largest absolute Gasteiger partial charge is 0.478 e. The number of hydrogen-bond acceptors (Lipinski definition) is 4. The van der Waals surface area contributed by atoms with Crippen LogP contribution < -0.4 is 5.32 Å². The monoisotopic (exact) mass is 312 g/mol. The summed E-state index contributed by atoms with van der Waals surface area (Å²) in [5.74, 6) is 0.0909. The lowest BCUT2D eigenvalue weighted by Gasteiger charge is -2.14. The molecule has 0 radical (unpaired) electrons. The molecule has 1 aliphatic rings. The smallest absolute Gasteiger partial charge is 0.337 e. The Morgan fingerprint density at radius 1 is 1.43 bits per heavy atom. The second-order valence-corrected chi connectivity index (χ2v) is 7.81. The van der Waals surface area contributed by atoms with Crippen molar-refractivity contribution in [3.63, 3.8) is 0 Å². The molecule has 2 N–H and O–H groups in total. The van der Waals surface area contributed by atoms with E-state index in [9.17, 15) is 18.3 Å². The fourth-order valence-electron chi connectivity index (χ4n) is 2.15. The highest BCUT2D eigenvalue weighted by Crippen LogP contribution is 2.37. The number of carboxylic acids is 1. The summed E-state index contributed by atoms with van der Waals surface area (Å²) >= 11 is 0. The first-order valence-corrected chi connectivity index (χ1v) is 8.21. The lowest BCUT2D eigenvalue weighted by Crippen LogP contribution is -2.22. The van der Waals surface area contributed by atoms with Crippen LogP contribution >= 0.6 is 0 Å². The molecule has 1 aromatic rings. The molecule has 0 heterocycles. The van der Waals surface area contributed by atoms with Gasteiger partial charge in [0.15, 0.2) is 0 Å². The maximum absolute atomic E-state index is 12.0. The fraction of sp³-hybridized carbons (Fsp3) is 0.500. The predicted octanol–water partition coefficient (Wildman–Crippen LogP) is 1.70. The van der Waals surface area contributed by atoms with Crippen molar-refractivity contribution in [1.82, 2.24) is 4.31 Å². The Hall–Kier alpha value is -1.60. The molecule has 7 heteroatoms. The minimum Gasteiger partial charge on any atom is -0.478 e. The molecule has 0 aromatic heterocycles. The predicted molar refractivity (Wildman–Crippen MR) is 80.0 cm³/mol. The SMILES string of the molecule is CC1CC1CNc1ccc(S(=O)(=O)N(C)C)cc1C(=O)O. The first-order valence-electron chi connectivity index (χ1n) is 6.77. The Bertz CT molecular complexity index is 655. The van der Waals surface area contributed by atoms with E-state index in [1.165, 1.54) is 32.3 Å². The van der Waals surface area contributed by atoms with Crippen molar-refractivity contribution in [2.45, 2.75) is 18.2 Å².